The van der Waals surface area contributed by atoms with Gasteiger partial charge in [-0.25, -0.2) is 0 Å². The lowest BCUT2D eigenvalue weighted by Gasteiger charge is -2.26. The Labute approximate surface area is 99.9 Å². The first-order valence-corrected chi connectivity index (χ1v) is 5.94. The molecular formula is C13H15NO3. The molecule has 2 aliphatic rings. The molecule has 2 saturated heterocycles. The van der Waals surface area contributed by atoms with Gasteiger partial charge in [-0.15, -0.1) is 0 Å². The van der Waals surface area contributed by atoms with Crippen molar-refractivity contribution in [3.63, 3.8) is 0 Å². The van der Waals surface area contributed by atoms with Crippen LogP contribution < -0.4 is 0 Å². The fourth-order valence-electron chi connectivity index (χ4n) is 3.12. The molecule has 0 aromatic carbocycles. The van der Waals surface area contributed by atoms with Crippen LogP contribution in [0.2, 0.25) is 0 Å². The number of nitrogens with zero attached hydrogens (tertiary/aromatic N) is 1. The van der Waals surface area contributed by atoms with Crippen molar-refractivity contribution in [2.24, 2.45) is 5.92 Å². The number of esters is 1. The molecule has 2 aliphatic heterocycles. The van der Waals surface area contributed by atoms with Crippen LogP contribution in [0.1, 0.15) is 24.3 Å². The van der Waals surface area contributed by atoms with E-state index >= 15 is 0 Å². The lowest BCUT2D eigenvalue weighted by molar-refractivity contribution is -0.147. The summed E-state index contributed by atoms with van der Waals surface area (Å²) in [6, 6.07) is 3.93. The van der Waals surface area contributed by atoms with Crippen LogP contribution >= 0.6 is 0 Å². The molecule has 1 aromatic heterocycles. The molecule has 2 bridgehead atoms. The summed E-state index contributed by atoms with van der Waals surface area (Å²) in [5.41, 5.74) is 1.13. The molecule has 2 fully saturated rings. The molecule has 0 saturated carbocycles. The highest BCUT2D eigenvalue weighted by molar-refractivity contribution is 5.75. The van der Waals surface area contributed by atoms with Gasteiger partial charge in [-0.2, -0.15) is 0 Å². The van der Waals surface area contributed by atoms with Crippen molar-refractivity contribution in [3.8, 4) is 0 Å². The van der Waals surface area contributed by atoms with Crippen LogP contribution in [0.4, 0.5) is 0 Å². The molecule has 0 spiro atoms. The zero-order valence-corrected chi connectivity index (χ0v) is 9.70. The fourth-order valence-corrected chi connectivity index (χ4v) is 3.12. The topological polar surface area (TPSA) is 48.4 Å². The molecule has 4 heteroatoms. The highest BCUT2D eigenvalue weighted by Gasteiger charge is 2.53. The molecule has 1 unspecified atom stereocenters. The lowest BCUT2D eigenvalue weighted by atomic mass is 9.76. The normalized spacial score (nSPS) is 34.9. The van der Waals surface area contributed by atoms with E-state index in [1.807, 2.05) is 12.1 Å². The Morgan fingerprint density at radius 3 is 2.76 bits per heavy atom. The summed E-state index contributed by atoms with van der Waals surface area (Å²) in [5.74, 6) is -0.177. The number of pyridine rings is 1. The SMILES string of the molecule is COC(=O)C1[C@@H](c2ccncc2)[C@@H]2CC[C@H]1O2. The van der Waals surface area contributed by atoms with Gasteiger partial charge < -0.3 is 9.47 Å². The van der Waals surface area contributed by atoms with Gasteiger partial charge in [0, 0.05) is 18.3 Å². The Morgan fingerprint density at radius 1 is 1.35 bits per heavy atom. The van der Waals surface area contributed by atoms with E-state index in [1.54, 1.807) is 12.4 Å². The van der Waals surface area contributed by atoms with Crippen LogP contribution in [-0.4, -0.2) is 30.3 Å². The molecule has 0 N–H and O–H groups in total. The Bertz CT molecular complexity index is 420. The largest absolute Gasteiger partial charge is 0.469 e. The van der Waals surface area contributed by atoms with Gasteiger partial charge in [0.05, 0.1) is 25.2 Å². The number of hydrogen-bond acceptors (Lipinski definition) is 4. The molecule has 17 heavy (non-hydrogen) atoms. The number of carbonyl (C=O) groups is 1. The molecule has 4 atom stereocenters. The number of hydrogen-bond donors (Lipinski definition) is 0. The van der Waals surface area contributed by atoms with Crippen LogP contribution in [0.3, 0.4) is 0 Å². The molecule has 0 radical (unpaired) electrons. The predicted octanol–water partition coefficient (Wildman–Crippen LogP) is 1.52. The van der Waals surface area contributed by atoms with Crippen molar-refractivity contribution in [3.05, 3.63) is 30.1 Å². The first-order valence-electron chi connectivity index (χ1n) is 5.94. The first kappa shape index (κ1) is 10.7. The van der Waals surface area contributed by atoms with Crippen molar-refractivity contribution < 1.29 is 14.3 Å². The maximum absolute atomic E-state index is 11.9. The number of carbonyl (C=O) groups excluding carboxylic acids is 1. The van der Waals surface area contributed by atoms with E-state index in [9.17, 15) is 4.79 Å². The predicted molar refractivity (Wildman–Crippen MR) is 60.4 cm³/mol. The van der Waals surface area contributed by atoms with Gasteiger partial charge >= 0.3 is 5.97 Å². The first-order chi connectivity index (χ1) is 8.31. The Morgan fingerprint density at radius 2 is 2.06 bits per heavy atom. The minimum Gasteiger partial charge on any atom is -0.469 e. The minimum absolute atomic E-state index is 0.0330. The van der Waals surface area contributed by atoms with Crippen molar-refractivity contribution in [1.29, 1.82) is 0 Å². The Balaban J connectivity index is 1.94. The molecule has 3 heterocycles. The minimum atomic E-state index is -0.154. The van der Waals surface area contributed by atoms with Crippen LogP contribution in [0, 0.1) is 5.92 Å². The summed E-state index contributed by atoms with van der Waals surface area (Å²) < 4.78 is 10.8. The van der Waals surface area contributed by atoms with Gasteiger partial charge in [-0.1, -0.05) is 0 Å². The van der Waals surface area contributed by atoms with Crippen LogP contribution in [-0.2, 0) is 14.3 Å². The zero-order chi connectivity index (χ0) is 11.8. The lowest BCUT2D eigenvalue weighted by Crippen LogP contribution is -2.32. The van der Waals surface area contributed by atoms with Gasteiger partial charge in [0.2, 0.25) is 0 Å². The third-order valence-electron chi connectivity index (χ3n) is 3.84. The second-order valence-electron chi connectivity index (χ2n) is 4.65. The smallest absolute Gasteiger partial charge is 0.312 e. The average molecular weight is 233 g/mol. The number of methoxy groups -OCH3 is 1. The highest BCUT2D eigenvalue weighted by Crippen LogP contribution is 2.48. The molecular weight excluding hydrogens is 218 g/mol. The molecule has 1 aromatic rings. The van der Waals surface area contributed by atoms with Crippen LogP contribution in [0.25, 0.3) is 0 Å². The maximum Gasteiger partial charge on any atom is 0.312 e. The van der Waals surface area contributed by atoms with E-state index in [0.717, 1.165) is 18.4 Å². The van der Waals surface area contributed by atoms with Crippen molar-refractivity contribution >= 4 is 5.97 Å². The monoisotopic (exact) mass is 233 g/mol. The molecule has 3 rings (SSSR count). The number of rotatable bonds is 2. The summed E-state index contributed by atoms with van der Waals surface area (Å²) in [6.07, 6.45) is 5.71. The van der Waals surface area contributed by atoms with Gasteiger partial charge in [-0.3, -0.25) is 9.78 Å². The average Bonchev–Trinajstić information content (AvgIpc) is 2.99. The number of aromatic nitrogens is 1. The Kier molecular flexibility index (Phi) is 2.59. The highest BCUT2D eigenvalue weighted by atomic mass is 16.5. The van der Waals surface area contributed by atoms with E-state index in [0.29, 0.717) is 0 Å². The van der Waals surface area contributed by atoms with E-state index in [2.05, 4.69) is 4.98 Å². The fraction of sp³-hybridized carbons (Fsp3) is 0.538. The van der Waals surface area contributed by atoms with Crippen LogP contribution in [0.5, 0.6) is 0 Å². The molecule has 4 nitrogen and oxygen atoms in total. The Hall–Kier alpha value is -1.42. The third kappa shape index (κ3) is 1.63. The zero-order valence-electron chi connectivity index (χ0n) is 9.70. The van der Waals surface area contributed by atoms with E-state index < -0.39 is 0 Å². The molecule has 0 aliphatic carbocycles. The molecule has 90 valence electrons. The van der Waals surface area contributed by atoms with Gasteiger partial charge in [0.15, 0.2) is 0 Å². The van der Waals surface area contributed by atoms with Gasteiger partial charge in [-0.05, 0) is 30.5 Å². The van der Waals surface area contributed by atoms with E-state index in [1.165, 1.54) is 7.11 Å². The van der Waals surface area contributed by atoms with Crippen LogP contribution in [0.15, 0.2) is 24.5 Å². The summed E-state index contributed by atoms with van der Waals surface area (Å²) in [4.78, 5) is 15.9. The maximum atomic E-state index is 11.9. The standard InChI is InChI=1S/C13H15NO3/c1-16-13(15)12-10-3-2-9(17-10)11(12)8-4-6-14-7-5-8/h4-7,9-12H,2-3H2,1H3/t9-,10+,11-,12?/m0/s1. The second kappa shape index (κ2) is 4.11. The van der Waals surface area contributed by atoms with Crippen molar-refractivity contribution in [1.82, 2.24) is 4.98 Å². The summed E-state index contributed by atoms with van der Waals surface area (Å²) in [5, 5.41) is 0. The summed E-state index contributed by atoms with van der Waals surface area (Å²) in [6.45, 7) is 0. The van der Waals surface area contributed by atoms with Gasteiger partial charge in [0.25, 0.3) is 0 Å². The molecule has 0 amide bonds. The number of ether oxygens (including phenoxy) is 2. The second-order valence-corrected chi connectivity index (χ2v) is 4.65. The van der Waals surface area contributed by atoms with E-state index in [-0.39, 0.29) is 30.0 Å². The summed E-state index contributed by atoms with van der Waals surface area (Å²) >= 11 is 0. The summed E-state index contributed by atoms with van der Waals surface area (Å²) in [7, 11) is 1.44. The van der Waals surface area contributed by atoms with E-state index in [4.69, 9.17) is 9.47 Å². The van der Waals surface area contributed by atoms with Crippen molar-refractivity contribution in [2.45, 2.75) is 31.0 Å². The van der Waals surface area contributed by atoms with Crippen molar-refractivity contribution in [2.75, 3.05) is 7.11 Å². The quantitative estimate of drug-likeness (QED) is 0.727. The third-order valence-corrected chi connectivity index (χ3v) is 3.84. The number of fused-ring (bicyclic) bond motifs is 2. The van der Waals surface area contributed by atoms with Gasteiger partial charge in [0.1, 0.15) is 0 Å².